The number of carboxylic acids is 1. The Hall–Kier alpha value is -0.940. The van der Waals surface area contributed by atoms with Crippen molar-refractivity contribution < 1.29 is 14.7 Å². The maximum atomic E-state index is 11.0. The molecule has 1 N–H and O–H groups in total. The fourth-order valence-corrected chi connectivity index (χ4v) is 1.49. The smallest absolute Gasteiger partial charge is 0.317 e. The second-order valence-electron chi connectivity index (χ2n) is 3.83. The molecule has 0 unspecified atom stereocenters. The van der Waals surface area contributed by atoms with Gasteiger partial charge in [0, 0.05) is 13.1 Å². The molecular weight excluding hydrogens is 232 g/mol. The topological polar surface area (TPSA) is 60.9 Å². The van der Waals surface area contributed by atoms with Gasteiger partial charge in [0.05, 0.1) is 13.1 Å². The summed E-state index contributed by atoms with van der Waals surface area (Å²) in [6, 6.07) is 0. The van der Waals surface area contributed by atoms with Crippen molar-refractivity contribution in [1.29, 1.82) is 0 Å². The van der Waals surface area contributed by atoms with E-state index >= 15 is 0 Å². The molecule has 0 aromatic heterocycles. The summed E-state index contributed by atoms with van der Waals surface area (Å²) in [7, 11) is 0. The summed E-state index contributed by atoms with van der Waals surface area (Å²) in [5.74, 6) is -0.667. The molecule has 0 aromatic carbocycles. The SMILES string of the molecule is CC.CCN(CCN(CC)CC(=O)O)CC(C)=O. The number of carboxylic acid groups (broad SMARTS) is 1. The van der Waals surface area contributed by atoms with Gasteiger partial charge in [-0.2, -0.15) is 0 Å². The molecule has 5 heteroatoms. The Morgan fingerprint density at radius 1 is 0.944 bits per heavy atom. The van der Waals surface area contributed by atoms with E-state index in [-0.39, 0.29) is 12.3 Å². The summed E-state index contributed by atoms with van der Waals surface area (Å²) >= 11 is 0. The van der Waals surface area contributed by atoms with E-state index in [9.17, 15) is 9.59 Å². The lowest BCUT2D eigenvalue weighted by atomic mass is 10.3. The molecule has 0 aromatic rings. The lowest BCUT2D eigenvalue weighted by Gasteiger charge is -2.24. The van der Waals surface area contributed by atoms with Crippen LogP contribution in [0.2, 0.25) is 0 Å². The highest BCUT2D eigenvalue weighted by Gasteiger charge is 2.10. The van der Waals surface area contributed by atoms with Gasteiger partial charge in [-0.05, 0) is 20.0 Å². The van der Waals surface area contributed by atoms with Crippen molar-refractivity contribution in [2.24, 2.45) is 0 Å². The van der Waals surface area contributed by atoms with Crippen LogP contribution in [0.4, 0.5) is 0 Å². The van der Waals surface area contributed by atoms with Crippen molar-refractivity contribution >= 4 is 11.8 Å². The van der Waals surface area contributed by atoms with Crippen molar-refractivity contribution in [1.82, 2.24) is 9.80 Å². The Kier molecular flexibility index (Phi) is 13.5. The molecule has 0 rings (SSSR count). The standard InChI is InChI=1S/C11H22N2O3.C2H6/c1-4-12(8-10(3)14)6-7-13(5-2)9-11(15)16;1-2/h4-9H2,1-3H3,(H,15,16);1-2H3. The van der Waals surface area contributed by atoms with E-state index < -0.39 is 5.97 Å². The van der Waals surface area contributed by atoms with E-state index in [1.807, 2.05) is 37.5 Å². The third kappa shape index (κ3) is 11.5. The molecule has 0 radical (unpaired) electrons. The zero-order valence-corrected chi connectivity index (χ0v) is 12.4. The average Bonchev–Trinajstić information content (AvgIpc) is 2.34. The minimum atomic E-state index is -0.809. The highest BCUT2D eigenvalue weighted by Crippen LogP contribution is 1.93. The van der Waals surface area contributed by atoms with Gasteiger partial charge in [-0.15, -0.1) is 0 Å². The molecular formula is C13H28N2O3. The number of carbonyl (C=O) groups is 2. The number of hydrogen-bond donors (Lipinski definition) is 1. The van der Waals surface area contributed by atoms with Crippen molar-refractivity contribution in [3.05, 3.63) is 0 Å². The Bertz CT molecular complexity index is 208. The minimum absolute atomic E-state index is 0.0636. The molecule has 0 amide bonds. The molecule has 0 spiro atoms. The van der Waals surface area contributed by atoms with Gasteiger partial charge < -0.3 is 5.11 Å². The second-order valence-corrected chi connectivity index (χ2v) is 3.83. The first-order valence-corrected chi connectivity index (χ1v) is 6.65. The molecule has 0 saturated carbocycles. The van der Waals surface area contributed by atoms with Crippen LogP contribution in [-0.4, -0.2) is 65.9 Å². The van der Waals surface area contributed by atoms with Gasteiger partial charge in [-0.3, -0.25) is 19.4 Å². The highest BCUT2D eigenvalue weighted by molar-refractivity contribution is 5.77. The van der Waals surface area contributed by atoms with Gasteiger partial charge in [0.1, 0.15) is 5.78 Å². The Labute approximate surface area is 111 Å². The summed E-state index contributed by atoms with van der Waals surface area (Å²) in [6.45, 7) is 12.9. The van der Waals surface area contributed by atoms with E-state index in [4.69, 9.17) is 5.11 Å². The van der Waals surface area contributed by atoms with Gasteiger partial charge in [0.15, 0.2) is 0 Å². The number of likely N-dealkylation sites (N-methyl/N-ethyl adjacent to an activating group) is 2. The maximum absolute atomic E-state index is 11.0. The lowest BCUT2D eigenvalue weighted by molar-refractivity contribution is -0.138. The highest BCUT2D eigenvalue weighted by atomic mass is 16.4. The zero-order chi connectivity index (χ0) is 14.6. The number of carbonyl (C=O) groups excluding carboxylic acids is 1. The van der Waals surface area contributed by atoms with E-state index in [1.165, 1.54) is 0 Å². The Morgan fingerprint density at radius 3 is 1.61 bits per heavy atom. The third-order valence-electron chi connectivity index (χ3n) is 2.43. The lowest BCUT2D eigenvalue weighted by Crippen LogP contribution is -2.39. The van der Waals surface area contributed by atoms with E-state index in [0.717, 1.165) is 13.1 Å². The van der Waals surface area contributed by atoms with Crippen molar-refractivity contribution in [3.8, 4) is 0 Å². The maximum Gasteiger partial charge on any atom is 0.317 e. The van der Waals surface area contributed by atoms with Crippen LogP contribution in [0.3, 0.4) is 0 Å². The fraction of sp³-hybridized carbons (Fsp3) is 0.846. The molecule has 0 fully saturated rings. The van der Waals surface area contributed by atoms with Crippen LogP contribution in [0.5, 0.6) is 0 Å². The third-order valence-corrected chi connectivity index (χ3v) is 2.43. The molecule has 18 heavy (non-hydrogen) atoms. The summed E-state index contributed by atoms with van der Waals surface area (Å²) in [5.41, 5.74) is 0. The zero-order valence-electron chi connectivity index (χ0n) is 12.4. The molecule has 0 bridgehead atoms. The first kappa shape index (κ1) is 19.4. The molecule has 0 aliphatic carbocycles. The normalized spacial score (nSPS) is 10.2. The number of rotatable bonds is 9. The van der Waals surface area contributed by atoms with Crippen molar-refractivity contribution in [2.45, 2.75) is 34.6 Å². The van der Waals surface area contributed by atoms with Crippen LogP contribution in [0.1, 0.15) is 34.6 Å². The van der Waals surface area contributed by atoms with Gasteiger partial charge in [-0.25, -0.2) is 0 Å². The molecule has 0 aliphatic rings. The van der Waals surface area contributed by atoms with Crippen LogP contribution in [-0.2, 0) is 9.59 Å². The molecule has 5 nitrogen and oxygen atoms in total. The molecule has 0 atom stereocenters. The van der Waals surface area contributed by atoms with E-state index in [0.29, 0.717) is 19.6 Å². The number of Topliss-reactive ketones (excluding diaryl/α,β-unsaturated/α-hetero) is 1. The monoisotopic (exact) mass is 260 g/mol. The predicted octanol–water partition coefficient (Wildman–Crippen LogP) is 1.33. The molecule has 0 aliphatic heterocycles. The van der Waals surface area contributed by atoms with Crippen molar-refractivity contribution in [2.75, 3.05) is 39.3 Å². The number of hydrogen-bond acceptors (Lipinski definition) is 4. The summed E-state index contributed by atoms with van der Waals surface area (Å²) in [4.78, 5) is 25.4. The van der Waals surface area contributed by atoms with Gasteiger partial charge in [-0.1, -0.05) is 27.7 Å². The minimum Gasteiger partial charge on any atom is -0.480 e. The molecule has 0 saturated heterocycles. The number of aliphatic carboxylic acids is 1. The Balaban J connectivity index is 0. The van der Waals surface area contributed by atoms with Crippen LogP contribution in [0.15, 0.2) is 0 Å². The first-order chi connectivity index (χ1) is 8.49. The van der Waals surface area contributed by atoms with Crippen LogP contribution in [0.25, 0.3) is 0 Å². The second kappa shape index (κ2) is 12.5. The van der Waals surface area contributed by atoms with Gasteiger partial charge in [0.25, 0.3) is 0 Å². The molecule has 0 heterocycles. The van der Waals surface area contributed by atoms with Crippen molar-refractivity contribution in [3.63, 3.8) is 0 Å². The average molecular weight is 260 g/mol. The van der Waals surface area contributed by atoms with E-state index in [1.54, 1.807) is 6.92 Å². The fourth-order valence-electron chi connectivity index (χ4n) is 1.49. The largest absolute Gasteiger partial charge is 0.480 e. The van der Waals surface area contributed by atoms with Crippen LogP contribution in [0, 0.1) is 0 Å². The van der Waals surface area contributed by atoms with Gasteiger partial charge >= 0.3 is 5.97 Å². The summed E-state index contributed by atoms with van der Waals surface area (Å²) < 4.78 is 0. The van der Waals surface area contributed by atoms with E-state index in [2.05, 4.69) is 0 Å². The predicted molar refractivity (Wildman–Crippen MR) is 73.9 cm³/mol. The number of nitrogens with zero attached hydrogens (tertiary/aromatic N) is 2. The van der Waals surface area contributed by atoms with Gasteiger partial charge in [0.2, 0.25) is 0 Å². The Morgan fingerprint density at radius 2 is 1.33 bits per heavy atom. The quantitative estimate of drug-likeness (QED) is 0.677. The number of ketones is 1. The summed E-state index contributed by atoms with van der Waals surface area (Å²) in [5, 5.41) is 8.67. The first-order valence-electron chi connectivity index (χ1n) is 6.65. The van der Waals surface area contributed by atoms with Crippen LogP contribution < -0.4 is 0 Å². The summed E-state index contributed by atoms with van der Waals surface area (Å²) in [6.07, 6.45) is 0. The molecule has 108 valence electrons. The van der Waals surface area contributed by atoms with Crippen LogP contribution >= 0.6 is 0 Å².